The number of hydrogen-bond donors (Lipinski definition) is 2. The van der Waals surface area contributed by atoms with Crippen molar-refractivity contribution in [1.29, 1.82) is 0 Å². The van der Waals surface area contributed by atoms with Gasteiger partial charge in [-0.3, -0.25) is 4.68 Å². The van der Waals surface area contributed by atoms with E-state index in [2.05, 4.69) is 52.2 Å². The van der Waals surface area contributed by atoms with E-state index in [4.69, 9.17) is 0 Å². The molecule has 0 unspecified atom stereocenters. The van der Waals surface area contributed by atoms with Crippen LogP contribution in [0.4, 0.5) is 0 Å². The lowest BCUT2D eigenvalue weighted by Gasteiger charge is -2.10. The highest BCUT2D eigenvalue weighted by molar-refractivity contribution is 14.0. The van der Waals surface area contributed by atoms with E-state index in [1.54, 1.807) is 0 Å². The lowest BCUT2D eigenvalue weighted by Crippen LogP contribution is -2.38. The summed E-state index contributed by atoms with van der Waals surface area (Å²) in [6.45, 7) is 5.27. The predicted molar refractivity (Wildman–Crippen MR) is 114 cm³/mol. The highest BCUT2D eigenvalue weighted by Gasteiger charge is 2.01. The van der Waals surface area contributed by atoms with Gasteiger partial charge in [-0.15, -0.1) is 24.0 Å². The maximum Gasteiger partial charge on any atom is 0.191 e. The molecule has 24 heavy (non-hydrogen) atoms. The molecule has 7 heteroatoms. The minimum atomic E-state index is 0. The fourth-order valence-electron chi connectivity index (χ4n) is 2.13. The molecule has 1 aromatic carbocycles. The van der Waals surface area contributed by atoms with Gasteiger partial charge in [0.1, 0.15) is 0 Å². The van der Waals surface area contributed by atoms with Crippen molar-refractivity contribution < 1.29 is 0 Å². The van der Waals surface area contributed by atoms with Gasteiger partial charge in [0.2, 0.25) is 0 Å². The standard InChI is InChI=1S/C17H25N5S.HI/c1-3-18-17(19-9-10-23-2)20-11-16-12-21-22(14-16)13-15-7-5-4-6-8-15;/h4-8,12,14H,3,9-11,13H2,1-2H3,(H2,18,19,20);1H. The van der Waals surface area contributed by atoms with Gasteiger partial charge in [0.15, 0.2) is 5.96 Å². The summed E-state index contributed by atoms with van der Waals surface area (Å²) < 4.78 is 1.95. The van der Waals surface area contributed by atoms with E-state index in [0.717, 1.165) is 36.9 Å². The van der Waals surface area contributed by atoms with Gasteiger partial charge < -0.3 is 10.6 Å². The number of nitrogens with zero attached hydrogens (tertiary/aromatic N) is 3. The number of aliphatic imine (C=N–C) groups is 1. The first-order valence-corrected chi connectivity index (χ1v) is 9.27. The second-order valence-electron chi connectivity index (χ2n) is 5.15. The summed E-state index contributed by atoms with van der Waals surface area (Å²) in [5, 5.41) is 11.0. The number of benzene rings is 1. The Kier molecular flexibility index (Phi) is 10.6. The molecule has 0 saturated carbocycles. The highest BCUT2D eigenvalue weighted by atomic mass is 127. The van der Waals surface area contributed by atoms with Crippen LogP contribution in [0.15, 0.2) is 47.7 Å². The first-order valence-electron chi connectivity index (χ1n) is 7.88. The van der Waals surface area contributed by atoms with Gasteiger partial charge in [0.25, 0.3) is 0 Å². The van der Waals surface area contributed by atoms with Crippen molar-refractivity contribution in [2.75, 3.05) is 25.1 Å². The SMILES string of the molecule is CCNC(=NCc1cnn(Cc2ccccc2)c1)NCCSC.I. The van der Waals surface area contributed by atoms with Crippen LogP contribution in [0.3, 0.4) is 0 Å². The van der Waals surface area contributed by atoms with Crippen LogP contribution in [0.25, 0.3) is 0 Å². The average molecular weight is 459 g/mol. The van der Waals surface area contributed by atoms with Crippen molar-refractivity contribution in [1.82, 2.24) is 20.4 Å². The molecule has 0 saturated heterocycles. The van der Waals surface area contributed by atoms with Gasteiger partial charge in [-0.05, 0) is 18.7 Å². The lowest BCUT2D eigenvalue weighted by molar-refractivity contribution is 0.686. The third kappa shape index (κ3) is 7.57. The summed E-state index contributed by atoms with van der Waals surface area (Å²) in [6, 6.07) is 10.3. The monoisotopic (exact) mass is 459 g/mol. The molecule has 0 aliphatic rings. The Hall–Kier alpha value is -1.22. The fourth-order valence-corrected chi connectivity index (χ4v) is 2.43. The number of guanidine groups is 1. The maximum absolute atomic E-state index is 4.61. The van der Waals surface area contributed by atoms with Gasteiger partial charge in [-0.1, -0.05) is 30.3 Å². The molecule has 0 radical (unpaired) electrons. The van der Waals surface area contributed by atoms with Crippen LogP contribution >= 0.6 is 35.7 Å². The van der Waals surface area contributed by atoms with Crippen LogP contribution in [0.1, 0.15) is 18.1 Å². The molecule has 0 aliphatic carbocycles. The number of thioether (sulfide) groups is 1. The first-order chi connectivity index (χ1) is 11.3. The third-order valence-electron chi connectivity index (χ3n) is 3.24. The minimum Gasteiger partial charge on any atom is -0.357 e. The second kappa shape index (κ2) is 12.2. The number of aromatic nitrogens is 2. The Morgan fingerprint density at radius 3 is 2.71 bits per heavy atom. The Labute approximate surface area is 165 Å². The normalized spacial score (nSPS) is 11.0. The van der Waals surface area contributed by atoms with Crippen molar-refractivity contribution in [2.24, 2.45) is 4.99 Å². The van der Waals surface area contributed by atoms with E-state index in [-0.39, 0.29) is 24.0 Å². The largest absolute Gasteiger partial charge is 0.357 e. The lowest BCUT2D eigenvalue weighted by atomic mass is 10.2. The number of nitrogens with one attached hydrogen (secondary N) is 2. The summed E-state index contributed by atoms with van der Waals surface area (Å²) in [5.74, 6) is 1.93. The van der Waals surface area contributed by atoms with Crippen molar-refractivity contribution in [3.05, 3.63) is 53.9 Å². The number of halogens is 1. The molecule has 2 rings (SSSR count). The van der Waals surface area contributed by atoms with Crippen molar-refractivity contribution in [2.45, 2.75) is 20.0 Å². The molecule has 0 atom stereocenters. The minimum absolute atomic E-state index is 0. The van der Waals surface area contributed by atoms with Gasteiger partial charge in [-0.2, -0.15) is 16.9 Å². The summed E-state index contributed by atoms with van der Waals surface area (Å²) in [5.41, 5.74) is 2.36. The summed E-state index contributed by atoms with van der Waals surface area (Å²) in [7, 11) is 0. The van der Waals surface area contributed by atoms with Gasteiger partial charge in [0, 0.05) is 30.6 Å². The Bertz CT molecular complexity index is 600. The molecule has 132 valence electrons. The summed E-state index contributed by atoms with van der Waals surface area (Å²) >= 11 is 1.82. The van der Waals surface area contributed by atoms with E-state index >= 15 is 0 Å². The van der Waals surface area contributed by atoms with Crippen LogP contribution in [-0.2, 0) is 13.1 Å². The highest BCUT2D eigenvalue weighted by Crippen LogP contribution is 2.05. The molecule has 0 amide bonds. The third-order valence-corrected chi connectivity index (χ3v) is 3.85. The Morgan fingerprint density at radius 2 is 2.00 bits per heavy atom. The smallest absolute Gasteiger partial charge is 0.191 e. The molecular formula is C17H26IN5S. The summed E-state index contributed by atoms with van der Waals surface area (Å²) in [4.78, 5) is 4.61. The quantitative estimate of drug-likeness (QED) is 0.276. The molecular weight excluding hydrogens is 433 g/mol. The van der Waals surface area contributed by atoms with Crippen LogP contribution in [0.2, 0.25) is 0 Å². The Morgan fingerprint density at radius 1 is 1.21 bits per heavy atom. The molecule has 2 N–H and O–H groups in total. The molecule has 2 aromatic rings. The van der Waals surface area contributed by atoms with Crippen molar-refractivity contribution >= 4 is 41.7 Å². The zero-order valence-corrected chi connectivity index (χ0v) is 17.4. The van der Waals surface area contributed by atoms with Gasteiger partial charge in [0.05, 0.1) is 19.3 Å². The van der Waals surface area contributed by atoms with E-state index in [1.165, 1.54) is 5.56 Å². The molecule has 1 heterocycles. The zero-order valence-electron chi connectivity index (χ0n) is 14.2. The van der Waals surface area contributed by atoms with Crippen LogP contribution in [-0.4, -0.2) is 40.8 Å². The molecule has 0 spiro atoms. The van der Waals surface area contributed by atoms with Crippen molar-refractivity contribution in [3.63, 3.8) is 0 Å². The van der Waals surface area contributed by atoms with Gasteiger partial charge >= 0.3 is 0 Å². The topological polar surface area (TPSA) is 54.2 Å². The van der Waals surface area contributed by atoms with E-state index in [0.29, 0.717) is 6.54 Å². The zero-order chi connectivity index (χ0) is 16.3. The van der Waals surface area contributed by atoms with E-state index in [9.17, 15) is 0 Å². The predicted octanol–water partition coefficient (Wildman–Crippen LogP) is 2.97. The van der Waals surface area contributed by atoms with Crippen LogP contribution in [0, 0.1) is 0 Å². The number of hydrogen-bond acceptors (Lipinski definition) is 3. The van der Waals surface area contributed by atoms with Crippen LogP contribution < -0.4 is 10.6 Å². The maximum atomic E-state index is 4.61. The number of rotatable bonds is 8. The fraction of sp³-hybridized carbons (Fsp3) is 0.412. The second-order valence-corrected chi connectivity index (χ2v) is 6.13. The molecule has 1 aromatic heterocycles. The average Bonchev–Trinajstić information content (AvgIpc) is 3.01. The molecule has 5 nitrogen and oxygen atoms in total. The van der Waals surface area contributed by atoms with Crippen LogP contribution in [0.5, 0.6) is 0 Å². The molecule has 0 bridgehead atoms. The molecule has 0 aliphatic heterocycles. The summed E-state index contributed by atoms with van der Waals surface area (Å²) in [6.07, 6.45) is 6.05. The van der Waals surface area contributed by atoms with E-state index in [1.807, 2.05) is 40.8 Å². The van der Waals surface area contributed by atoms with Crippen molar-refractivity contribution in [3.8, 4) is 0 Å². The van der Waals surface area contributed by atoms with Gasteiger partial charge in [-0.25, -0.2) is 4.99 Å². The molecule has 0 fully saturated rings. The Balaban J connectivity index is 0.00000288. The first kappa shape index (κ1) is 20.8. The van der Waals surface area contributed by atoms with E-state index < -0.39 is 0 Å².